The lowest BCUT2D eigenvalue weighted by atomic mass is 9.97. The molecular formula is C21H22F2N2O3. The first kappa shape index (κ1) is 19.8. The van der Waals surface area contributed by atoms with E-state index < -0.39 is 36.4 Å². The molecule has 148 valence electrons. The van der Waals surface area contributed by atoms with Gasteiger partial charge in [-0.15, -0.1) is 0 Å². The topological polar surface area (TPSA) is 58.6 Å². The lowest BCUT2D eigenvalue weighted by molar-refractivity contribution is -0.134. The third-order valence-corrected chi connectivity index (χ3v) is 4.62. The van der Waals surface area contributed by atoms with Gasteiger partial charge in [-0.25, -0.2) is 13.6 Å². The molecule has 1 heterocycles. The van der Waals surface area contributed by atoms with Crippen molar-refractivity contribution in [3.05, 3.63) is 72.4 Å². The highest BCUT2D eigenvalue weighted by atomic mass is 19.3. The van der Waals surface area contributed by atoms with Crippen molar-refractivity contribution in [2.24, 2.45) is 5.92 Å². The van der Waals surface area contributed by atoms with Crippen LogP contribution in [0.15, 0.2) is 66.8 Å². The number of alkyl halides is 2. The summed E-state index contributed by atoms with van der Waals surface area (Å²) in [6.07, 6.45) is 9.42. The van der Waals surface area contributed by atoms with E-state index in [4.69, 9.17) is 4.74 Å². The van der Waals surface area contributed by atoms with E-state index in [0.29, 0.717) is 0 Å². The molecule has 1 aliphatic carbocycles. The molecule has 0 radical (unpaired) electrons. The Balaban J connectivity index is 1.69. The van der Waals surface area contributed by atoms with Gasteiger partial charge in [0.05, 0.1) is 6.54 Å². The Kier molecular flexibility index (Phi) is 6.23. The molecule has 1 aromatic carbocycles. The van der Waals surface area contributed by atoms with Crippen molar-refractivity contribution in [2.45, 2.75) is 25.0 Å². The molecule has 2 aliphatic rings. The molecule has 1 fully saturated rings. The Morgan fingerprint density at radius 1 is 1.14 bits per heavy atom. The van der Waals surface area contributed by atoms with Crippen LogP contribution in [0.2, 0.25) is 0 Å². The van der Waals surface area contributed by atoms with Crippen LogP contribution in [0, 0.1) is 5.92 Å². The van der Waals surface area contributed by atoms with Crippen LogP contribution in [0.25, 0.3) is 0 Å². The monoisotopic (exact) mass is 388 g/mol. The Morgan fingerprint density at radius 2 is 1.82 bits per heavy atom. The molecule has 5 nitrogen and oxygen atoms in total. The summed E-state index contributed by atoms with van der Waals surface area (Å²) < 4.78 is 32.3. The highest BCUT2D eigenvalue weighted by Crippen LogP contribution is 2.28. The Labute approximate surface area is 162 Å². The van der Waals surface area contributed by atoms with Gasteiger partial charge in [-0.1, -0.05) is 66.8 Å². The number of amides is 2. The van der Waals surface area contributed by atoms with Crippen LogP contribution in [0.4, 0.5) is 13.6 Å². The first-order valence-corrected chi connectivity index (χ1v) is 9.10. The number of allylic oxidation sites excluding steroid dienone is 4. The number of halogens is 2. The molecule has 0 aromatic heterocycles. The number of benzene rings is 1. The molecule has 1 saturated heterocycles. The first-order valence-electron chi connectivity index (χ1n) is 9.10. The summed E-state index contributed by atoms with van der Waals surface area (Å²) in [5.41, 5.74) is 0.804. The molecule has 7 heteroatoms. The van der Waals surface area contributed by atoms with Crippen LogP contribution in [0.1, 0.15) is 12.0 Å². The predicted octanol–water partition coefficient (Wildman–Crippen LogP) is 3.45. The molecular weight excluding hydrogens is 366 g/mol. The van der Waals surface area contributed by atoms with Gasteiger partial charge in [-0.3, -0.25) is 4.79 Å². The molecule has 3 rings (SSSR count). The van der Waals surface area contributed by atoms with Gasteiger partial charge in [0.2, 0.25) is 5.91 Å². The van der Waals surface area contributed by atoms with Gasteiger partial charge in [0.15, 0.2) is 0 Å². The van der Waals surface area contributed by atoms with Crippen molar-refractivity contribution in [1.82, 2.24) is 10.2 Å². The largest absolute Gasteiger partial charge is 0.445 e. The second-order valence-corrected chi connectivity index (χ2v) is 6.78. The van der Waals surface area contributed by atoms with E-state index in [1.54, 1.807) is 36.5 Å². The van der Waals surface area contributed by atoms with Gasteiger partial charge in [0.25, 0.3) is 5.92 Å². The summed E-state index contributed by atoms with van der Waals surface area (Å²) in [6.45, 7) is -0.629. The highest BCUT2D eigenvalue weighted by molar-refractivity contribution is 5.87. The zero-order valence-corrected chi connectivity index (χ0v) is 15.3. The van der Waals surface area contributed by atoms with Crippen molar-refractivity contribution in [1.29, 1.82) is 0 Å². The molecule has 1 aliphatic heterocycles. The molecule has 1 N–H and O–H groups in total. The predicted molar refractivity (Wildman–Crippen MR) is 101 cm³/mol. The Bertz CT molecular complexity index is 774. The quantitative estimate of drug-likeness (QED) is 0.841. The fraction of sp³-hybridized carbons (Fsp3) is 0.333. The summed E-state index contributed by atoms with van der Waals surface area (Å²) in [7, 11) is 0. The number of hydrogen-bond acceptors (Lipinski definition) is 3. The van der Waals surface area contributed by atoms with Crippen molar-refractivity contribution in [3.8, 4) is 0 Å². The first-order chi connectivity index (χ1) is 13.4. The van der Waals surface area contributed by atoms with Gasteiger partial charge in [-0.2, -0.15) is 0 Å². The van der Waals surface area contributed by atoms with Crippen molar-refractivity contribution in [2.75, 3.05) is 13.1 Å². The van der Waals surface area contributed by atoms with Crippen LogP contribution in [-0.2, 0) is 16.1 Å². The van der Waals surface area contributed by atoms with Gasteiger partial charge < -0.3 is 15.0 Å². The normalized spacial score (nSPS) is 19.3. The van der Waals surface area contributed by atoms with E-state index in [1.807, 2.05) is 30.3 Å². The zero-order valence-electron chi connectivity index (χ0n) is 15.3. The van der Waals surface area contributed by atoms with Gasteiger partial charge >= 0.3 is 6.09 Å². The SMILES string of the molecule is O=C(NC(C(=O)N1CCC(F)(F)C1)C1C=CC=CC=C1)OCc1ccccc1. The number of hydrogen-bond donors (Lipinski definition) is 1. The summed E-state index contributed by atoms with van der Waals surface area (Å²) in [5, 5.41) is 2.56. The number of nitrogens with one attached hydrogen (secondary N) is 1. The number of alkyl carbamates (subject to hydrolysis) is 1. The third kappa shape index (κ3) is 5.28. The summed E-state index contributed by atoms with van der Waals surface area (Å²) in [4.78, 5) is 26.3. The fourth-order valence-electron chi connectivity index (χ4n) is 3.13. The van der Waals surface area contributed by atoms with Crippen molar-refractivity contribution >= 4 is 12.0 Å². The Hall–Kier alpha value is -2.96. The average molecular weight is 388 g/mol. The maximum Gasteiger partial charge on any atom is 0.408 e. The van der Waals surface area contributed by atoms with Gasteiger partial charge in [0, 0.05) is 18.9 Å². The van der Waals surface area contributed by atoms with E-state index in [2.05, 4.69) is 5.32 Å². The number of nitrogens with zero attached hydrogens (tertiary/aromatic N) is 1. The number of likely N-dealkylation sites (tertiary alicyclic amines) is 1. The molecule has 1 unspecified atom stereocenters. The smallest absolute Gasteiger partial charge is 0.408 e. The number of ether oxygens (including phenoxy) is 1. The van der Waals surface area contributed by atoms with Crippen molar-refractivity contribution < 1.29 is 23.1 Å². The standard InChI is InChI=1S/C21H22F2N2O3/c22-21(23)12-13-25(15-21)19(26)18(17-10-6-1-2-7-11-17)24-20(27)28-14-16-8-4-3-5-9-16/h1-11,17-18H,12-15H2,(H,24,27). The molecule has 0 spiro atoms. The lowest BCUT2D eigenvalue weighted by Crippen LogP contribution is -2.51. The van der Waals surface area contributed by atoms with E-state index in [-0.39, 0.29) is 19.6 Å². The van der Waals surface area contributed by atoms with Crippen LogP contribution in [0.5, 0.6) is 0 Å². The van der Waals surface area contributed by atoms with E-state index in [9.17, 15) is 18.4 Å². The second-order valence-electron chi connectivity index (χ2n) is 6.78. The average Bonchev–Trinajstić information content (AvgIpc) is 2.88. The van der Waals surface area contributed by atoms with Gasteiger partial charge in [-0.05, 0) is 5.56 Å². The summed E-state index contributed by atoms with van der Waals surface area (Å²) in [6, 6.07) is 8.09. The minimum atomic E-state index is -2.90. The van der Waals surface area contributed by atoms with Crippen LogP contribution < -0.4 is 5.32 Å². The summed E-state index contributed by atoms with van der Waals surface area (Å²) >= 11 is 0. The lowest BCUT2D eigenvalue weighted by Gasteiger charge is -2.27. The molecule has 1 atom stereocenters. The maximum atomic E-state index is 13.6. The molecule has 0 saturated carbocycles. The van der Waals surface area contributed by atoms with Gasteiger partial charge in [0.1, 0.15) is 12.6 Å². The van der Waals surface area contributed by atoms with Crippen molar-refractivity contribution in [3.63, 3.8) is 0 Å². The fourth-order valence-corrected chi connectivity index (χ4v) is 3.13. The summed E-state index contributed by atoms with van der Waals surface area (Å²) in [5.74, 6) is -3.92. The molecule has 2 amide bonds. The zero-order chi connectivity index (χ0) is 20.0. The number of carbonyl (C=O) groups excluding carboxylic acids is 2. The second kappa shape index (κ2) is 8.82. The minimum Gasteiger partial charge on any atom is -0.445 e. The molecule has 1 aromatic rings. The molecule has 0 bridgehead atoms. The number of rotatable bonds is 5. The number of carbonyl (C=O) groups is 2. The van der Waals surface area contributed by atoms with Crippen LogP contribution >= 0.6 is 0 Å². The van der Waals surface area contributed by atoms with E-state index >= 15 is 0 Å². The van der Waals surface area contributed by atoms with E-state index in [0.717, 1.165) is 10.5 Å². The van der Waals surface area contributed by atoms with Crippen LogP contribution in [-0.4, -0.2) is 42.0 Å². The Morgan fingerprint density at radius 3 is 2.43 bits per heavy atom. The molecule has 28 heavy (non-hydrogen) atoms. The minimum absolute atomic E-state index is 0.0402. The van der Waals surface area contributed by atoms with Crippen LogP contribution in [0.3, 0.4) is 0 Å². The maximum absolute atomic E-state index is 13.6. The highest BCUT2D eigenvalue weighted by Gasteiger charge is 2.43. The van der Waals surface area contributed by atoms with E-state index in [1.165, 1.54) is 0 Å². The third-order valence-electron chi connectivity index (χ3n) is 4.62.